The van der Waals surface area contributed by atoms with Gasteiger partial charge in [0, 0.05) is 5.56 Å². The first-order valence-electron chi connectivity index (χ1n) is 8.89. The standard InChI is InChI=1S/C21H23NO5/c1-2-3-13-26-21(25)22-27-20(24)12-9-16-7-10-18(11-8-16)19-6-4-5-17(14-19)15-23/h4-8,10-11,14-15H,2-3,9,12-13H2,1H3,(H,22,25). The third kappa shape index (κ3) is 6.93. The molecule has 1 amide bonds. The molecular formula is C21H23NO5. The predicted octanol–water partition coefficient (Wildman–Crippen LogP) is 4.08. The fourth-order valence-corrected chi connectivity index (χ4v) is 2.39. The first-order valence-corrected chi connectivity index (χ1v) is 8.89. The summed E-state index contributed by atoms with van der Waals surface area (Å²) in [5, 5.41) is 0. The zero-order chi connectivity index (χ0) is 19.5. The quantitative estimate of drug-likeness (QED) is 0.431. The molecule has 0 radical (unpaired) electrons. The van der Waals surface area contributed by atoms with Crippen LogP contribution in [0.3, 0.4) is 0 Å². The highest BCUT2D eigenvalue weighted by molar-refractivity contribution is 5.79. The molecular weight excluding hydrogens is 346 g/mol. The van der Waals surface area contributed by atoms with Crippen LogP contribution in [0.15, 0.2) is 48.5 Å². The maximum atomic E-state index is 11.7. The molecule has 0 saturated heterocycles. The van der Waals surface area contributed by atoms with Gasteiger partial charge >= 0.3 is 12.1 Å². The number of hydroxylamine groups is 1. The number of amides is 1. The van der Waals surface area contributed by atoms with E-state index in [0.29, 0.717) is 18.6 Å². The second kappa shape index (κ2) is 10.8. The molecule has 142 valence electrons. The number of aryl methyl sites for hydroxylation is 1. The first kappa shape index (κ1) is 20.2. The molecule has 0 aromatic heterocycles. The van der Waals surface area contributed by atoms with Crippen LogP contribution in [-0.4, -0.2) is 25.0 Å². The number of carbonyl (C=O) groups is 3. The van der Waals surface area contributed by atoms with Crippen molar-refractivity contribution in [3.63, 3.8) is 0 Å². The number of carbonyl (C=O) groups excluding carboxylic acids is 3. The lowest BCUT2D eigenvalue weighted by atomic mass is 10.0. The number of rotatable bonds is 8. The van der Waals surface area contributed by atoms with Crippen LogP contribution in [0.2, 0.25) is 0 Å². The molecule has 0 spiro atoms. The molecule has 0 heterocycles. The molecule has 6 heteroatoms. The summed E-state index contributed by atoms with van der Waals surface area (Å²) in [6.45, 7) is 2.28. The minimum absolute atomic E-state index is 0.134. The van der Waals surface area contributed by atoms with Gasteiger partial charge in [0.1, 0.15) is 6.29 Å². The third-order valence-electron chi connectivity index (χ3n) is 3.91. The highest BCUT2D eigenvalue weighted by atomic mass is 16.7. The van der Waals surface area contributed by atoms with Gasteiger partial charge in [-0.05, 0) is 35.6 Å². The van der Waals surface area contributed by atoms with Gasteiger partial charge < -0.3 is 9.57 Å². The predicted molar refractivity (Wildman–Crippen MR) is 101 cm³/mol. The van der Waals surface area contributed by atoms with Crippen LogP contribution in [-0.2, 0) is 20.8 Å². The Bertz CT molecular complexity index is 770. The topological polar surface area (TPSA) is 81.7 Å². The Hall–Kier alpha value is -3.15. The number of hydrogen-bond donors (Lipinski definition) is 1. The molecule has 0 aliphatic heterocycles. The SMILES string of the molecule is CCCCOC(=O)NOC(=O)CCc1ccc(-c2cccc(C=O)c2)cc1. The van der Waals surface area contributed by atoms with Crippen molar-refractivity contribution in [3.05, 3.63) is 59.7 Å². The number of ether oxygens (including phenoxy) is 1. The molecule has 1 N–H and O–H groups in total. The molecule has 0 atom stereocenters. The van der Waals surface area contributed by atoms with Crippen LogP contribution in [0.1, 0.15) is 42.1 Å². The van der Waals surface area contributed by atoms with Crippen molar-refractivity contribution < 1.29 is 24.0 Å². The maximum absolute atomic E-state index is 11.7. The van der Waals surface area contributed by atoms with E-state index in [1.165, 1.54) is 0 Å². The number of unbranched alkanes of at least 4 members (excludes halogenated alkanes) is 1. The van der Waals surface area contributed by atoms with Crippen LogP contribution >= 0.6 is 0 Å². The van der Waals surface area contributed by atoms with Gasteiger partial charge in [-0.1, -0.05) is 55.8 Å². The number of benzene rings is 2. The van der Waals surface area contributed by atoms with Crippen molar-refractivity contribution in [2.24, 2.45) is 0 Å². The third-order valence-corrected chi connectivity index (χ3v) is 3.91. The summed E-state index contributed by atoms with van der Waals surface area (Å²) in [6, 6.07) is 15.1. The lowest BCUT2D eigenvalue weighted by molar-refractivity contribution is -0.149. The van der Waals surface area contributed by atoms with Crippen molar-refractivity contribution in [2.45, 2.75) is 32.6 Å². The molecule has 27 heavy (non-hydrogen) atoms. The zero-order valence-electron chi connectivity index (χ0n) is 15.3. The second-order valence-corrected chi connectivity index (χ2v) is 6.01. The van der Waals surface area contributed by atoms with E-state index < -0.39 is 12.1 Å². The lowest BCUT2D eigenvalue weighted by Gasteiger charge is -2.07. The van der Waals surface area contributed by atoms with Gasteiger partial charge in [-0.3, -0.25) is 4.79 Å². The Morgan fingerprint density at radius 2 is 1.85 bits per heavy atom. The van der Waals surface area contributed by atoms with E-state index in [1.54, 1.807) is 6.07 Å². The van der Waals surface area contributed by atoms with E-state index in [2.05, 4.69) is 4.84 Å². The van der Waals surface area contributed by atoms with E-state index in [9.17, 15) is 14.4 Å². The van der Waals surface area contributed by atoms with E-state index in [-0.39, 0.29) is 6.42 Å². The van der Waals surface area contributed by atoms with Crippen molar-refractivity contribution in [3.8, 4) is 11.1 Å². The molecule has 0 aliphatic carbocycles. The molecule has 0 saturated carbocycles. The van der Waals surface area contributed by atoms with Crippen LogP contribution < -0.4 is 5.48 Å². The Kier molecular flexibility index (Phi) is 8.03. The highest BCUT2D eigenvalue weighted by Gasteiger charge is 2.08. The Balaban J connectivity index is 1.78. The molecule has 2 rings (SSSR count). The smallest absolute Gasteiger partial charge is 0.440 e. The Morgan fingerprint density at radius 3 is 2.56 bits per heavy atom. The monoisotopic (exact) mass is 369 g/mol. The van der Waals surface area contributed by atoms with E-state index in [1.807, 2.05) is 54.9 Å². The molecule has 2 aromatic carbocycles. The molecule has 0 aliphatic rings. The lowest BCUT2D eigenvalue weighted by Crippen LogP contribution is -2.28. The molecule has 0 bridgehead atoms. The van der Waals surface area contributed by atoms with E-state index in [0.717, 1.165) is 35.8 Å². The van der Waals surface area contributed by atoms with Crippen LogP contribution in [0.5, 0.6) is 0 Å². The van der Waals surface area contributed by atoms with Crippen LogP contribution in [0, 0.1) is 0 Å². The normalized spacial score (nSPS) is 10.1. The Labute approximate surface area is 158 Å². The summed E-state index contributed by atoms with van der Waals surface area (Å²) in [6.07, 6.45) is 2.34. The number of nitrogens with one attached hydrogen (secondary N) is 1. The maximum Gasteiger partial charge on any atom is 0.440 e. The summed E-state index contributed by atoms with van der Waals surface area (Å²) in [7, 11) is 0. The first-order chi connectivity index (χ1) is 13.1. The van der Waals surface area contributed by atoms with Crippen LogP contribution in [0.25, 0.3) is 11.1 Å². The van der Waals surface area contributed by atoms with Gasteiger partial charge in [-0.2, -0.15) is 0 Å². The summed E-state index contributed by atoms with van der Waals surface area (Å²) in [4.78, 5) is 38.5. The summed E-state index contributed by atoms with van der Waals surface area (Å²) >= 11 is 0. The van der Waals surface area contributed by atoms with Gasteiger partial charge in [-0.25, -0.2) is 9.59 Å². The molecule has 6 nitrogen and oxygen atoms in total. The van der Waals surface area contributed by atoms with E-state index in [4.69, 9.17) is 4.74 Å². The van der Waals surface area contributed by atoms with Crippen molar-refractivity contribution in [1.82, 2.24) is 5.48 Å². The van der Waals surface area contributed by atoms with Gasteiger partial charge in [-0.15, -0.1) is 5.48 Å². The Morgan fingerprint density at radius 1 is 1.07 bits per heavy atom. The summed E-state index contributed by atoms with van der Waals surface area (Å²) < 4.78 is 4.82. The van der Waals surface area contributed by atoms with Crippen LogP contribution in [0.4, 0.5) is 4.79 Å². The summed E-state index contributed by atoms with van der Waals surface area (Å²) in [5.74, 6) is -0.537. The van der Waals surface area contributed by atoms with Crippen molar-refractivity contribution in [1.29, 1.82) is 0 Å². The fourth-order valence-electron chi connectivity index (χ4n) is 2.39. The molecule has 2 aromatic rings. The minimum atomic E-state index is -0.765. The highest BCUT2D eigenvalue weighted by Crippen LogP contribution is 2.21. The van der Waals surface area contributed by atoms with Gasteiger partial charge in [0.15, 0.2) is 0 Å². The largest absolute Gasteiger partial charge is 0.447 e. The number of aldehydes is 1. The van der Waals surface area contributed by atoms with Crippen molar-refractivity contribution in [2.75, 3.05) is 6.61 Å². The average molecular weight is 369 g/mol. The second-order valence-electron chi connectivity index (χ2n) is 6.01. The summed E-state index contributed by atoms with van der Waals surface area (Å²) in [5.41, 5.74) is 5.51. The molecule has 0 unspecified atom stereocenters. The zero-order valence-corrected chi connectivity index (χ0v) is 15.3. The molecule has 0 fully saturated rings. The minimum Gasteiger partial charge on any atom is -0.447 e. The van der Waals surface area contributed by atoms with Gasteiger partial charge in [0.05, 0.1) is 13.0 Å². The fraction of sp³-hybridized carbons (Fsp3) is 0.286. The van der Waals surface area contributed by atoms with Gasteiger partial charge in [0.2, 0.25) is 0 Å². The average Bonchev–Trinajstić information content (AvgIpc) is 2.71. The van der Waals surface area contributed by atoms with E-state index >= 15 is 0 Å². The van der Waals surface area contributed by atoms with Crippen molar-refractivity contribution >= 4 is 18.3 Å². The number of hydrogen-bond acceptors (Lipinski definition) is 5. The van der Waals surface area contributed by atoms with Gasteiger partial charge in [0.25, 0.3) is 0 Å².